The molecule has 4 rings (SSSR count). The summed E-state index contributed by atoms with van der Waals surface area (Å²) in [6.07, 6.45) is 13.9. The largest absolute Gasteiger partial charge is 0.375 e. The number of aromatic nitrogens is 1. The Hall–Kier alpha value is -1.84. The van der Waals surface area contributed by atoms with Crippen LogP contribution in [0.1, 0.15) is 93.5 Å². The number of nitriles is 1. The maximum absolute atomic E-state index is 12.9. The van der Waals surface area contributed by atoms with Crippen LogP contribution in [0.4, 0.5) is 5.82 Å². The van der Waals surface area contributed by atoms with Crippen LogP contribution in [0.3, 0.4) is 0 Å². The number of nitrogens with zero attached hydrogens (tertiary/aromatic N) is 3. The summed E-state index contributed by atoms with van der Waals surface area (Å²) >= 11 is 0. The number of ether oxygens (including phenoxy) is 1. The molecule has 0 unspecified atom stereocenters. The van der Waals surface area contributed by atoms with E-state index in [0.29, 0.717) is 36.2 Å². The number of carbonyl (C=O) groups excluding carboxylic acids is 1. The van der Waals surface area contributed by atoms with Crippen LogP contribution in [-0.2, 0) is 9.53 Å². The lowest BCUT2D eigenvalue weighted by molar-refractivity contribution is -0.118. The van der Waals surface area contributed by atoms with Crippen molar-refractivity contribution in [1.82, 2.24) is 9.47 Å². The molecule has 3 fully saturated rings. The molecule has 170 valence electrons. The van der Waals surface area contributed by atoms with Crippen molar-refractivity contribution in [3.8, 4) is 6.07 Å². The zero-order valence-corrected chi connectivity index (χ0v) is 19.3. The second-order valence-corrected chi connectivity index (χ2v) is 9.77. The highest BCUT2D eigenvalue weighted by atomic mass is 16.5. The molecule has 2 heterocycles. The lowest BCUT2D eigenvalue weighted by atomic mass is 9.97. The van der Waals surface area contributed by atoms with Crippen LogP contribution in [0.25, 0.3) is 0 Å². The number of hydrogen-bond acceptors (Lipinski definition) is 4. The summed E-state index contributed by atoms with van der Waals surface area (Å²) < 4.78 is 8.56. The fourth-order valence-corrected chi connectivity index (χ4v) is 5.76. The average molecular weight is 427 g/mol. The fraction of sp³-hybridized carbons (Fsp3) is 0.760. The van der Waals surface area contributed by atoms with Crippen molar-refractivity contribution in [3.05, 3.63) is 16.8 Å². The van der Waals surface area contributed by atoms with Gasteiger partial charge in [-0.25, -0.2) is 0 Å². The number of likely N-dealkylation sites (tertiary alicyclic amines) is 1. The number of carbonyl (C=O) groups is 1. The van der Waals surface area contributed by atoms with Gasteiger partial charge >= 0.3 is 0 Å². The van der Waals surface area contributed by atoms with Gasteiger partial charge in [-0.3, -0.25) is 9.69 Å². The van der Waals surface area contributed by atoms with Gasteiger partial charge in [0, 0.05) is 24.8 Å². The first-order chi connectivity index (χ1) is 15.1. The molecule has 1 saturated heterocycles. The van der Waals surface area contributed by atoms with Crippen LogP contribution in [-0.4, -0.2) is 47.2 Å². The van der Waals surface area contributed by atoms with E-state index in [1.165, 1.54) is 44.9 Å². The molecule has 6 heteroatoms. The molecule has 0 spiro atoms. The monoisotopic (exact) mass is 426 g/mol. The van der Waals surface area contributed by atoms with Gasteiger partial charge < -0.3 is 14.6 Å². The summed E-state index contributed by atoms with van der Waals surface area (Å²) in [5.74, 6) is 0.699. The van der Waals surface area contributed by atoms with Crippen molar-refractivity contribution < 1.29 is 9.53 Å². The van der Waals surface area contributed by atoms with E-state index in [2.05, 4.69) is 27.8 Å². The van der Waals surface area contributed by atoms with E-state index in [-0.39, 0.29) is 5.91 Å². The van der Waals surface area contributed by atoms with Crippen LogP contribution in [0.2, 0.25) is 0 Å². The number of amides is 1. The summed E-state index contributed by atoms with van der Waals surface area (Å²) in [5, 5.41) is 12.9. The Balaban J connectivity index is 1.33. The maximum Gasteiger partial charge on any atom is 0.239 e. The predicted octanol–water partition coefficient (Wildman–Crippen LogP) is 4.84. The number of hydrogen-bond donors (Lipinski definition) is 1. The van der Waals surface area contributed by atoms with Crippen molar-refractivity contribution in [3.63, 3.8) is 0 Å². The van der Waals surface area contributed by atoms with Gasteiger partial charge in [-0.15, -0.1) is 0 Å². The van der Waals surface area contributed by atoms with Crippen LogP contribution in [0.5, 0.6) is 0 Å². The summed E-state index contributed by atoms with van der Waals surface area (Å²) in [4.78, 5) is 15.2. The van der Waals surface area contributed by atoms with Gasteiger partial charge in [0.2, 0.25) is 5.91 Å². The number of anilines is 1. The molecule has 31 heavy (non-hydrogen) atoms. The molecule has 6 nitrogen and oxygen atoms in total. The van der Waals surface area contributed by atoms with Crippen LogP contribution < -0.4 is 5.32 Å². The minimum Gasteiger partial charge on any atom is -0.375 e. The Morgan fingerprint density at radius 2 is 1.61 bits per heavy atom. The third-order valence-corrected chi connectivity index (χ3v) is 7.66. The maximum atomic E-state index is 12.9. The van der Waals surface area contributed by atoms with E-state index in [1.807, 2.05) is 6.92 Å². The molecule has 1 N–H and O–H groups in total. The number of rotatable bonds is 6. The van der Waals surface area contributed by atoms with Gasteiger partial charge in [-0.1, -0.05) is 32.1 Å². The highest BCUT2D eigenvalue weighted by molar-refractivity contribution is 5.93. The normalized spacial score (nSPS) is 22.0. The van der Waals surface area contributed by atoms with Crippen LogP contribution >= 0.6 is 0 Å². The van der Waals surface area contributed by atoms with E-state index in [0.717, 1.165) is 50.0 Å². The molecule has 2 saturated carbocycles. The summed E-state index contributed by atoms with van der Waals surface area (Å²) in [6, 6.07) is 2.73. The van der Waals surface area contributed by atoms with Crippen LogP contribution in [0.15, 0.2) is 0 Å². The second-order valence-electron chi connectivity index (χ2n) is 9.77. The Morgan fingerprint density at radius 3 is 2.26 bits per heavy atom. The fourth-order valence-electron chi connectivity index (χ4n) is 5.76. The highest BCUT2D eigenvalue weighted by Gasteiger charge is 2.28. The Bertz CT molecular complexity index is 804. The molecule has 3 aliphatic rings. The topological polar surface area (TPSA) is 70.3 Å². The molecule has 2 aliphatic carbocycles. The first-order valence-electron chi connectivity index (χ1n) is 12.4. The SMILES string of the molecule is Cc1c(C#N)c(NC(=O)CN2CCC(OC3CCCCC3)CC2)n(C2CCCC2)c1C. The third-order valence-electron chi connectivity index (χ3n) is 7.66. The lowest BCUT2D eigenvalue weighted by Gasteiger charge is -2.34. The van der Waals surface area contributed by atoms with Crippen molar-refractivity contribution in [2.24, 2.45) is 0 Å². The van der Waals surface area contributed by atoms with Gasteiger partial charge in [-0.2, -0.15) is 5.26 Å². The molecular weight excluding hydrogens is 388 g/mol. The summed E-state index contributed by atoms with van der Waals surface area (Å²) in [5.41, 5.74) is 2.72. The van der Waals surface area contributed by atoms with Gasteiger partial charge in [0.1, 0.15) is 11.9 Å². The first kappa shape index (κ1) is 22.4. The van der Waals surface area contributed by atoms with E-state index in [4.69, 9.17) is 4.74 Å². The zero-order valence-electron chi connectivity index (χ0n) is 19.3. The predicted molar refractivity (Wildman–Crippen MR) is 122 cm³/mol. The van der Waals surface area contributed by atoms with Gasteiger partial charge in [0.15, 0.2) is 0 Å². The van der Waals surface area contributed by atoms with E-state index in [1.54, 1.807) is 0 Å². The first-order valence-corrected chi connectivity index (χ1v) is 12.4. The molecule has 0 radical (unpaired) electrons. The Labute approximate surface area is 186 Å². The lowest BCUT2D eigenvalue weighted by Crippen LogP contribution is -2.42. The average Bonchev–Trinajstić information content (AvgIpc) is 3.37. The molecule has 1 aliphatic heterocycles. The van der Waals surface area contributed by atoms with E-state index >= 15 is 0 Å². The Morgan fingerprint density at radius 1 is 1.00 bits per heavy atom. The molecule has 0 atom stereocenters. The molecular formula is C25H38N4O2. The minimum absolute atomic E-state index is 0.0140. The number of piperidine rings is 1. The highest BCUT2D eigenvalue weighted by Crippen LogP contribution is 2.37. The van der Waals surface area contributed by atoms with Crippen molar-refractivity contribution in [2.45, 2.75) is 103 Å². The van der Waals surface area contributed by atoms with Crippen LogP contribution in [0, 0.1) is 25.2 Å². The zero-order chi connectivity index (χ0) is 21.8. The van der Waals surface area contributed by atoms with Crippen molar-refractivity contribution in [2.75, 3.05) is 25.0 Å². The van der Waals surface area contributed by atoms with Gasteiger partial charge in [0.05, 0.1) is 24.3 Å². The second kappa shape index (κ2) is 10.2. The summed E-state index contributed by atoms with van der Waals surface area (Å²) in [6.45, 7) is 6.25. The van der Waals surface area contributed by atoms with E-state index in [9.17, 15) is 10.1 Å². The van der Waals surface area contributed by atoms with Crippen molar-refractivity contribution in [1.29, 1.82) is 5.26 Å². The smallest absolute Gasteiger partial charge is 0.239 e. The van der Waals surface area contributed by atoms with Gasteiger partial charge in [-0.05, 0) is 57.9 Å². The Kier molecular flexibility index (Phi) is 7.35. The molecule has 1 amide bonds. The third kappa shape index (κ3) is 5.15. The summed E-state index contributed by atoms with van der Waals surface area (Å²) in [7, 11) is 0. The molecule has 1 aromatic heterocycles. The molecule has 0 aromatic carbocycles. The van der Waals surface area contributed by atoms with E-state index < -0.39 is 0 Å². The standard InChI is InChI=1S/C25H38N4O2/c1-18-19(2)29(20-8-6-7-9-20)25(23(18)16-26)27-24(30)17-28-14-12-22(13-15-28)31-21-10-4-3-5-11-21/h20-22H,3-15,17H2,1-2H3,(H,27,30). The van der Waals surface area contributed by atoms with Crippen molar-refractivity contribution >= 4 is 11.7 Å². The minimum atomic E-state index is -0.0140. The molecule has 1 aromatic rings. The molecule has 0 bridgehead atoms. The number of nitrogens with one attached hydrogen (secondary N) is 1. The quantitative estimate of drug-likeness (QED) is 0.706. The van der Waals surface area contributed by atoms with Gasteiger partial charge in [0.25, 0.3) is 0 Å².